The summed E-state index contributed by atoms with van der Waals surface area (Å²) >= 11 is 0. The smallest absolute Gasteiger partial charge is 0.411 e. The van der Waals surface area contributed by atoms with E-state index in [0.29, 0.717) is 12.1 Å². The normalized spacial score (nSPS) is 17.4. The van der Waals surface area contributed by atoms with Crippen molar-refractivity contribution in [2.75, 3.05) is 6.61 Å². The molecule has 2 nitrogen and oxygen atoms in total. The van der Waals surface area contributed by atoms with Crippen molar-refractivity contribution in [3.63, 3.8) is 0 Å². The van der Waals surface area contributed by atoms with E-state index in [9.17, 15) is 0 Å². The molecular formula is C9H18BNO. The summed E-state index contributed by atoms with van der Waals surface area (Å²) in [5.74, 6) is 2.14. The zero-order valence-corrected chi connectivity index (χ0v) is 8.45. The van der Waals surface area contributed by atoms with Crippen molar-refractivity contribution in [2.45, 2.75) is 39.8 Å². The second kappa shape index (κ2) is 4.10. The lowest BCUT2D eigenvalue weighted by Gasteiger charge is -2.32. The van der Waals surface area contributed by atoms with Gasteiger partial charge in [-0.05, 0) is 12.1 Å². The number of nitrogens with zero attached hydrogens (tertiary/aromatic N) is 1. The molecule has 0 aromatic heterocycles. The number of rotatable bonds is 3. The first-order valence-corrected chi connectivity index (χ1v) is 4.68. The van der Waals surface area contributed by atoms with Crippen LogP contribution < -0.4 is 0 Å². The molecule has 68 valence electrons. The van der Waals surface area contributed by atoms with Gasteiger partial charge in [-0.2, -0.15) is 0 Å². The monoisotopic (exact) mass is 167 g/mol. The Kier molecular flexibility index (Phi) is 3.35. The Morgan fingerprint density at radius 1 is 1.25 bits per heavy atom. The van der Waals surface area contributed by atoms with Gasteiger partial charge in [0.1, 0.15) is 0 Å². The molecule has 0 radical (unpaired) electrons. The molecule has 3 heteroatoms. The lowest BCUT2D eigenvalue weighted by Crippen LogP contribution is -2.47. The third-order valence-corrected chi connectivity index (χ3v) is 2.15. The van der Waals surface area contributed by atoms with Gasteiger partial charge in [-0.15, -0.1) is 0 Å². The van der Waals surface area contributed by atoms with E-state index in [4.69, 9.17) is 4.65 Å². The minimum atomic E-state index is 0.199. The molecule has 0 aliphatic carbocycles. The zero-order valence-electron chi connectivity index (χ0n) is 8.45. The lowest BCUT2D eigenvalue weighted by atomic mass is 9.78. The van der Waals surface area contributed by atoms with Gasteiger partial charge in [-0.1, -0.05) is 39.7 Å². The highest BCUT2D eigenvalue weighted by Gasteiger charge is 2.29. The highest BCUT2D eigenvalue weighted by Crippen LogP contribution is 2.12. The van der Waals surface area contributed by atoms with Crippen molar-refractivity contribution < 1.29 is 4.65 Å². The van der Waals surface area contributed by atoms with Gasteiger partial charge in [0, 0.05) is 6.61 Å². The van der Waals surface area contributed by atoms with Gasteiger partial charge in [-0.25, -0.2) is 0 Å². The fraction of sp³-hybridized carbons (Fsp3) is 0.778. The summed E-state index contributed by atoms with van der Waals surface area (Å²) in [6, 6.07) is 1.08. The third kappa shape index (κ3) is 2.11. The first kappa shape index (κ1) is 9.81. The average Bonchev–Trinajstić information content (AvgIpc) is 2.37. The van der Waals surface area contributed by atoms with Crippen LogP contribution >= 0.6 is 0 Å². The van der Waals surface area contributed by atoms with E-state index in [1.807, 2.05) is 0 Å². The summed E-state index contributed by atoms with van der Waals surface area (Å²) in [6.07, 6.45) is 2.09. The molecule has 0 aromatic carbocycles. The molecule has 1 rings (SSSR count). The lowest BCUT2D eigenvalue weighted by molar-refractivity contribution is 0.240. The highest BCUT2D eigenvalue weighted by molar-refractivity contribution is 6.55. The van der Waals surface area contributed by atoms with E-state index in [1.54, 1.807) is 0 Å². The van der Waals surface area contributed by atoms with Crippen LogP contribution in [0.2, 0.25) is 0 Å². The van der Waals surface area contributed by atoms with E-state index in [-0.39, 0.29) is 7.05 Å². The SMILES string of the molecule is CC(C)N(B1C=CCO1)C(C)C. The second-order valence-corrected chi connectivity index (χ2v) is 3.79. The summed E-state index contributed by atoms with van der Waals surface area (Å²) < 4.78 is 5.55. The van der Waals surface area contributed by atoms with Gasteiger partial charge in [0.15, 0.2) is 0 Å². The van der Waals surface area contributed by atoms with Gasteiger partial charge in [0.05, 0.1) is 0 Å². The van der Waals surface area contributed by atoms with Crippen LogP contribution in [0.5, 0.6) is 0 Å². The Morgan fingerprint density at radius 2 is 1.83 bits per heavy atom. The molecule has 0 bridgehead atoms. The van der Waals surface area contributed by atoms with Gasteiger partial charge >= 0.3 is 7.05 Å². The maximum Gasteiger partial charge on any atom is 0.411 e. The van der Waals surface area contributed by atoms with Crippen molar-refractivity contribution in [3.05, 3.63) is 12.1 Å². The van der Waals surface area contributed by atoms with E-state index in [0.717, 1.165) is 6.61 Å². The Labute approximate surface area is 75.7 Å². The van der Waals surface area contributed by atoms with Crippen LogP contribution in [-0.4, -0.2) is 30.6 Å². The Balaban J connectivity index is 2.58. The van der Waals surface area contributed by atoms with Crippen LogP contribution in [0, 0.1) is 0 Å². The van der Waals surface area contributed by atoms with Crippen LogP contribution in [0.1, 0.15) is 27.7 Å². The summed E-state index contributed by atoms with van der Waals surface area (Å²) in [6.45, 7) is 9.58. The van der Waals surface area contributed by atoms with E-state index >= 15 is 0 Å². The van der Waals surface area contributed by atoms with Gasteiger partial charge in [0.2, 0.25) is 0 Å². The summed E-state index contributed by atoms with van der Waals surface area (Å²) in [5.41, 5.74) is 0. The molecule has 1 heterocycles. The summed E-state index contributed by atoms with van der Waals surface area (Å²) in [5, 5.41) is 0. The quantitative estimate of drug-likeness (QED) is 0.593. The van der Waals surface area contributed by atoms with Crippen LogP contribution in [0.15, 0.2) is 12.1 Å². The molecule has 0 spiro atoms. The fourth-order valence-corrected chi connectivity index (χ4v) is 1.75. The molecule has 1 aliphatic heterocycles. The molecule has 0 unspecified atom stereocenters. The van der Waals surface area contributed by atoms with E-state index in [2.05, 4.69) is 44.6 Å². The predicted molar refractivity (Wildman–Crippen MR) is 53.0 cm³/mol. The molecule has 0 amide bonds. The Morgan fingerprint density at radius 3 is 2.17 bits per heavy atom. The molecule has 1 aliphatic rings. The summed E-state index contributed by atoms with van der Waals surface area (Å²) in [7, 11) is 0.199. The van der Waals surface area contributed by atoms with Gasteiger partial charge in [-0.3, -0.25) is 0 Å². The van der Waals surface area contributed by atoms with Gasteiger partial charge in [0.25, 0.3) is 0 Å². The second-order valence-electron chi connectivity index (χ2n) is 3.79. The van der Waals surface area contributed by atoms with Crippen molar-refractivity contribution >= 4 is 7.05 Å². The molecule has 0 fully saturated rings. The van der Waals surface area contributed by atoms with Gasteiger partial charge < -0.3 is 9.47 Å². The minimum absolute atomic E-state index is 0.199. The van der Waals surface area contributed by atoms with Crippen molar-refractivity contribution in [3.8, 4) is 0 Å². The zero-order chi connectivity index (χ0) is 9.14. The first-order chi connectivity index (χ1) is 5.63. The van der Waals surface area contributed by atoms with Crippen LogP contribution in [0.4, 0.5) is 0 Å². The predicted octanol–water partition coefficient (Wildman–Crippen LogP) is 1.72. The first-order valence-electron chi connectivity index (χ1n) is 4.68. The van der Waals surface area contributed by atoms with E-state index in [1.165, 1.54) is 0 Å². The molecular weight excluding hydrogens is 149 g/mol. The Hall–Kier alpha value is -0.275. The van der Waals surface area contributed by atoms with E-state index < -0.39 is 0 Å². The van der Waals surface area contributed by atoms with Crippen LogP contribution in [0.3, 0.4) is 0 Å². The molecule has 0 aromatic rings. The number of hydrogen-bond donors (Lipinski definition) is 0. The van der Waals surface area contributed by atoms with Crippen LogP contribution in [0.25, 0.3) is 0 Å². The number of hydrogen-bond acceptors (Lipinski definition) is 2. The standard InChI is InChI=1S/C9H18BNO/c1-8(2)11(9(3)4)10-6-5-7-12-10/h5-6,8-9H,7H2,1-4H3. The minimum Gasteiger partial charge on any atom is -0.414 e. The van der Waals surface area contributed by atoms with Crippen molar-refractivity contribution in [1.82, 2.24) is 4.81 Å². The molecule has 0 atom stereocenters. The Bertz CT molecular complexity index is 160. The summed E-state index contributed by atoms with van der Waals surface area (Å²) in [4.78, 5) is 2.36. The van der Waals surface area contributed by atoms with Crippen LogP contribution in [-0.2, 0) is 4.65 Å². The molecule has 0 saturated heterocycles. The maximum atomic E-state index is 5.55. The largest absolute Gasteiger partial charge is 0.414 e. The molecule has 12 heavy (non-hydrogen) atoms. The average molecular weight is 167 g/mol. The fourth-order valence-electron chi connectivity index (χ4n) is 1.75. The highest BCUT2D eigenvalue weighted by atomic mass is 16.4. The molecule has 0 saturated carbocycles. The van der Waals surface area contributed by atoms with Crippen molar-refractivity contribution in [2.24, 2.45) is 0 Å². The topological polar surface area (TPSA) is 12.5 Å². The molecule has 0 N–H and O–H groups in total. The maximum absolute atomic E-state index is 5.55. The third-order valence-electron chi connectivity index (χ3n) is 2.15. The van der Waals surface area contributed by atoms with Crippen molar-refractivity contribution in [1.29, 1.82) is 0 Å².